The maximum Gasteiger partial charge on any atom is 0.186 e. The summed E-state index contributed by atoms with van der Waals surface area (Å²) in [6.45, 7) is 8.87. The van der Waals surface area contributed by atoms with Crippen LogP contribution in [-0.2, 0) is 12.0 Å². The zero-order chi connectivity index (χ0) is 15.6. The van der Waals surface area contributed by atoms with Crippen LogP contribution < -0.4 is 4.90 Å². The smallest absolute Gasteiger partial charge is 0.186 e. The van der Waals surface area contributed by atoms with E-state index in [0.29, 0.717) is 11.4 Å². The molecule has 0 aliphatic carbocycles. The highest BCUT2D eigenvalue weighted by atomic mass is 32.1. The highest BCUT2D eigenvalue weighted by Crippen LogP contribution is 2.32. The first-order valence-corrected chi connectivity index (χ1v) is 7.73. The molecule has 0 amide bonds. The molecule has 0 bridgehead atoms. The Bertz CT molecular complexity index is 643. The van der Waals surface area contributed by atoms with Gasteiger partial charge in [-0.25, -0.2) is 4.98 Å². The van der Waals surface area contributed by atoms with Gasteiger partial charge in [-0.3, -0.25) is 9.78 Å². The van der Waals surface area contributed by atoms with Crippen LogP contribution in [0.15, 0.2) is 18.2 Å². The molecule has 2 aromatic rings. The molecule has 0 saturated heterocycles. The van der Waals surface area contributed by atoms with E-state index < -0.39 is 0 Å². The number of carbonyl (C=O) groups is 1. The number of nitrogens with zero attached hydrogens (tertiary/aromatic N) is 3. The highest BCUT2D eigenvalue weighted by molar-refractivity contribution is 7.17. The van der Waals surface area contributed by atoms with Crippen LogP contribution in [0.2, 0.25) is 0 Å². The molecule has 2 aromatic heterocycles. The van der Waals surface area contributed by atoms with E-state index in [1.807, 2.05) is 37.1 Å². The summed E-state index contributed by atoms with van der Waals surface area (Å²) in [6.07, 6.45) is 0.903. The topological polar surface area (TPSA) is 46.1 Å². The number of aromatic nitrogens is 2. The number of aldehydes is 1. The monoisotopic (exact) mass is 303 g/mol. The highest BCUT2D eigenvalue weighted by Gasteiger charge is 2.24. The summed E-state index contributed by atoms with van der Waals surface area (Å²) in [4.78, 5) is 23.2. The zero-order valence-electron chi connectivity index (χ0n) is 13.2. The second-order valence-corrected chi connectivity index (χ2v) is 7.21. The van der Waals surface area contributed by atoms with Crippen molar-refractivity contribution in [2.45, 2.75) is 39.7 Å². The first kappa shape index (κ1) is 15.6. The summed E-state index contributed by atoms with van der Waals surface area (Å²) in [6, 6.07) is 5.99. The fraction of sp³-hybridized carbons (Fsp3) is 0.438. The minimum Gasteiger partial charge on any atom is -0.345 e. The van der Waals surface area contributed by atoms with E-state index in [2.05, 4.69) is 30.7 Å². The molecule has 0 aliphatic heterocycles. The maximum atomic E-state index is 11.3. The van der Waals surface area contributed by atoms with Crippen LogP contribution in [0.3, 0.4) is 0 Å². The van der Waals surface area contributed by atoms with Crippen molar-refractivity contribution < 1.29 is 4.79 Å². The van der Waals surface area contributed by atoms with Crippen molar-refractivity contribution in [2.75, 3.05) is 11.9 Å². The molecule has 4 nitrogen and oxygen atoms in total. The molecule has 2 heterocycles. The lowest BCUT2D eigenvalue weighted by molar-refractivity contribution is 0.112. The van der Waals surface area contributed by atoms with Crippen LogP contribution in [-0.4, -0.2) is 23.3 Å². The molecule has 2 rings (SSSR count). The number of rotatable bonds is 4. The Kier molecular flexibility index (Phi) is 4.42. The first-order valence-electron chi connectivity index (χ1n) is 6.91. The summed E-state index contributed by atoms with van der Waals surface area (Å²) in [7, 11) is 1.98. The Hall–Kier alpha value is -1.75. The molecule has 0 unspecified atom stereocenters. The van der Waals surface area contributed by atoms with Crippen molar-refractivity contribution in [3.05, 3.63) is 40.2 Å². The van der Waals surface area contributed by atoms with Gasteiger partial charge in [-0.2, -0.15) is 0 Å². The van der Waals surface area contributed by atoms with E-state index >= 15 is 0 Å². The van der Waals surface area contributed by atoms with Gasteiger partial charge in [-0.15, -0.1) is 0 Å². The normalized spacial score (nSPS) is 11.5. The minimum absolute atomic E-state index is 0.132. The summed E-state index contributed by atoms with van der Waals surface area (Å²) in [5.74, 6) is 0. The molecule has 21 heavy (non-hydrogen) atoms. The molecule has 0 radical (unpaired) electrons. The summed E-state index contributed by atoms with van der Waals surface area (Å²) < 4.78 is 0. The number of hydrogen-bond acceptors (Lipinski definition) is 5. The molecular weight excluding hydrogens is 282 g/mol. The maximum absolute atomic E-state index is 11.3. The number of anilines is 1. The SMILES string of the molecule is Cc1cccc(CN(C)c2nc(C(C)(C)C)c(C=O)s2)n1. The van der Waals surface area contributed by atoms with E-state index in [0.717, 1.165) is 28.5 Å². The van der Waals surface area contributed by atoms with E-state index in [9.17, 15) is 4.79 Å². The lowest BCUT2D eigenvalue weighted by Gasteiger charge is -2.17. The Morgan fingerprint density at radius 3 is 2.52 bits per heavy atom. The van der Waals surface area contributed by atoms with Crippen molar-refractivity contribution >= 4 is 22.8 Å². The largest absolute Gasteiger partial charge is 0.345 e. The van der Waals surface area contributed by atoms with Crippen molar-refractivity contribution in [1.29, 1.82) is 0 Å². The van der Waals surface area contributed by atoms with Gasteiger partial charge in [0.15, 0.2) is 11.4 Å². The molecule has 0 atom stereocenters. The van der Waals surface area contributed by atoms with Crippen LogP contribution >= 0.6 is 11.3 Å². The van der Waals surface area contributed by atoms with Crippen molar-refractivity contribution in [1.82, 2.24) is 9.97 Å². The second-order valence-electron chi connectivity index (χ2n) is 6.20. The number of carbonyl (C=O) groups excluding carboxylic acids is 1. The molecule has 0 aliphatic rings. The molecule has 112 valence electrons. The van der Waals surface area contributed by atoms with Gasteiger partial charge in [0.1, 0.15) is 0 Å². The zero-order valence-corrected chi connectivity index (χ0v) is 14.0. The van der Waals surface area contributed by atoms with Crippen LogP contribution in [0.5, 0.6) is 0 Å². The van der Waals surface area contributed by atoms with E-state index in [4.69, 9.17) is 0 Å². The van der Waals surface area contributed by atoms with E-state index in [-0.39, 0.29) is 5.41 Å². The first-order chi connectivity index (χ1) is 9.81. The average molecular weight is 303 g/mol. The van der Waals surface area contributed by atoms with E-state index in [1.165, 1.54) is 11.3 Å². The third-order valence-electron chi connectivity index (χ3n) is 3.13. The number of thiazole rings is 1. The number of hydrogen-bond donors (Lipinski definition) is 0. The van der Waals surface area contributed by atoms with Gasteiger partial charge < -0.3 is 4.90 Å². The minimum atomic E-state index is -0.132. The third-order valence-corrected chi connectivity index (χ3v) is 4.23. The average Bonchev–Trinajstić information content (AvgIpc) is 2.82. The van der Waals surface area contributed by atoms with E-state index in [1.54, 1.807) is 0 Å². The summed E-state index contributed by atoms with van der Waals surface area (Å²) >= 11 is 1.44. The van der Waals surface area contributed by atoms with Gasteiger partial charge in [0.2, 0.25) is 0 Å². The molecule has 0 spiro atoms. The van der Waals surface area contributed by atoms with Gasteiger partial charge in [0.05, 0.1) is 22.8 Å². The quantitative estimate of drug-likeness (QED) is 0.810. The Morgan fingerprint density at radius 1 is 1.29 bits per heavy atom. The molecule has 0 N–H and O–H groups in total. The Balaban J connectivity index is 2.25. The van der Waals surface area contributed by atoms with Gasteiger partial charge in [-0.05, 0) is 19.1 Å². The predicted octanol–water partition coefficient (Wildman–Crippen LogP) is 3.59. The lowest BCUT2D eigenvalue weighted by atomic mass is 9.91. The van der Waals surface area contributed by atoms with Crippen LogP contribution in [0.25, 0.3) is 0 Å². The molecule has 0 aromatic carbocycles. The van der Waals surface area contributed by atoms with Crippen molar-refractivity contribution in [3.63, 3.8) is 0 Å². The van der Waals surface area contributed by atoms with Gasteiger partial charge in [-0.1, -0.05) is 38.2 Å². The summed E-state index contributed by atoms with van der Waals surface area (Å²) in [5, 5.41) is 0.852. The van der Waals surface area contributed by atoms with Crippen molar-refractivity contribution in [2.24, 2.45) is 0 Å². The molecular formula is C16H21N3OS. The summed E-state index contributed by atoms with van der Waals surface area (Å²) in [5.41, 5.74) is 2.73. The van der Waals surface area contributed by atoms with Gasteiger partial charge in [0, 0.05) is 18.2 Å². The van der Waals surface area contributed by atoms with Gasteiger partial charge in [0.25, 0.3) is 0 Å². The fourth-order valence-electron chi connectivity index (χ4n) is 2.10. The molecule has 5 heteroatoms. The van der Waals surface area contributed by atoms with Crippen LogP contribution in [0, 0.1) is 6.92 Å². The fourth-order valence-corrected chi connectivity index (χ4v) is 3.15. The number of aryl methyl sites for hydroxylation is 1. The standard InChI is InChI=1S/C16H21N3OS/c1-11-7-6-8-12(17-11)9-19(5)15-18-14(16(2,3)4)13(10-20)21-15/h6-8,10H,9H2,1-5H3. The van der Waals surface area contributed by atoms with Crippen LogP contribution in [0.1, 0.15) is 47.5 Å². The van der Waals surface area contributed by atoms with Crippen molar-refractivity contribution in [3.8, 4) is 0 Å². The molecule has 0 saturated carbocycles. The third kappa shape index (κ3) is 3.67. The molecule has 0 fully saturated rings. The van der Waals surface area contributed by atoms with Crippen LogP contribution in [0.4, 0.5) is 5.13 Å². The van der Waals surface area contributed by atoms with Gasteiger partial charge >= 0.3 is 0 Å². The predicted molar refractivity (Wildman–Crippen MR) is 87.3 cm³/mol. The number of pyridine rings is 1. The lowest BCUT2D eigenvalue weighted by Crippen LogP contribution is -2.18. The Morgan fingerprint density at radius 2 is 2.00 bits per heavy atom. The Labute approximate surface area is 129 Å². The second kappa shape index (κ2) is 5.93.